The van der Waals surface area contributed by atoms with Gasteiger partial charge in [0.05, 0.1) is 0 Å². The number of aryl methyl sites for hydroxylation is 1. The number of H-pyrrole nitrogens is 1. The Labute approximate surface area is 160 Å². The van der Waals surface area contributed by atoms with Crippen LogP contribution < -0.4 is 5.32 Å². The molecule has 0 radical (unpaired) electrons. The van der Waals surface area contributed by atoms with E-state index in [4.69, 9.17) is 4.74 Å². The van der Waals surface area contributed by atoms with Gasteiger partial charge < -0.3 is 15.0 Å². The second-order valence-corrected chi connectivity index (χ2v) is 6.36. The van der Waals surface area contributed by atoms with Crippen molar-refractivity contribution in [2.45, 2.75) is 20.0 Å². The molecule has 1 aromatic heterocycles. The molecule has 2 aromatic carbocycles. The van der Waals surface area contributed by atoms with Crippen LogP contribution in [0.25, 0.3) is 10.9 Å². The van der Waals surface area contributed by atoms with Crippen molar-refractivity contribution in [3.63, 3.8) is 0 Å². The summed E-state index contributed by atoms with van der Waals surface area (Å²) < 4.78 is 18.3. The zero-order valence-electron chi connectivity index (χ0n) is 15.4. The number of aromatic amines is 1. The number of halogens is 1. The van der Waals surface area contributed by atoms with Crippen molar-refractivity contribution in [1.29, 1.82) is 0 Å². The molecular weight excluding hydrogens is 363 g/mol. The zero-order valence-corrected chi connectivity index (χ0v) is 15.4. The first kappa shape index (κ1) is 19.3. The van der Waals surface area contributed by atoms with Crippen LogP contribution in [0, 0.1) is 12.7 Å². The first-order chi connectivity index (χ1) is 13.4. The Morgan fingerprint density at radius 1 is 1.14 bits per heavy atom. The molecule has 3 aromatic rings. The maximum Gasteiger partial charge on any atom is 0.326 e. The molecule has 1 unspecified atom stereocenters. The van der Waals surface area contributed by atoms with Gasteiger partial charge in [0.25, 0.3) is 5.91 Å². The van der Waals surface area contributed by atoms with Gasteiger partial charge in [-0.1, -0.05) is 24.3 Å². The Balaban J connectivity index is 1.61. The molecule has 0 fully saturated rings. The van der Waals surface area contributed by atoms with Crippen LogP contribution in [-0.2, 0) is 9.53 Å². The molecule has 0 aliphatic rings. The van der Waals surface area contributed by atoms with Crippen LogP contribution in [-0.4, -0.2) is 35.3 Å². The molecule has 0 saturated heterocycles. The largest absolute Gasteiger partial charge is 0.453 e. The molecule has 1 amide bonds. The minimum atomic E-state index is -1.02. The number of nitrogens with one attached hydrogen (secondary N) is 2. The standard InChI is InChI=1S/C21H19FN2O4/c1-12-19(16-8-3-4-9-17(16)24-12)20(26)13(2)28-18(25)11-23-21(27)14-6-5-7-15(22)10-14/h3-10,13,24H,11H2,1-2H3,(H,23,27). The van der Waals surface area contributed by atoms with Gasteiger partial charge in [-0.3, -0.25) is 14.4 Å². The van der Waals surface area contributed by atoms with Crippen molar-refractivity contribution in [2.24, 2.45) is 0 Å². The maximum atomic E-state index is 13.2. The van der Waals surface area contributed by atoms with Gasteiger partial charge in [0.1, 0.15) is 12.4 Å². The molecule has 0 aliphatic carbocycles. The molecule has 3 rings (SSSR count). The third-order valence-corrected chi connectivity index (χ3v) is 4.30. The lowest BCUT2D eigenvalue weighted by Gasteiger charge is -2.13. The predicted octanol–water partition coefficient (Wildman–Crippen LogP) is 3.16. The highest BCUT2D eigenvalue weighted by Crippen LogP contribution is 2.23. The van der Waals surface area contributed by atoms with Crippen molar-refractivity contribution >= 4 is 28.6 Å². The van der Waals surface area contributed by atoms with Gasteiger partial charge in [0, 0.05) is 27.7 Å². The molecule has 0 aliphatic heterocycles. The number of aromatic nitrogens is 1. The second-order valence-electron chi connectivity index (χ2n) is 6.36. The third kappa shape index (κ3) is 4.09. The van der Waals surface area contributed by atoms with Gasteiger partial charge in [0.15, 0.2) is 6.10 Å². The van der Waals surface area contributed by atoms with E-state index in [2.05, 4.69) is 10.3 Å². The number of carbonyl (C=O) groups is 3. The number of fused-ring (bicyclic) bond motifs is 1. The van der Waals surface area contributed by atoms with Crippen LogP contribution in [0.15, 0.2) is 48.5 Å². The SMILES string of the molecule is Cc1[nH]c2ccccc2c1C(=O)C(C)OC(=O)CNC(=O)c1cccc(F)c1. The Morgan fingerprint density at radius 2 is 1.89 bits per heavy atom. The molecule has 0 saturated carbocycles. The Hall–Kier alpha value is -3.48. The minimum Gasteiger partial charge on any atom is -0.453 e. The molecule has 0 bridgehead atoms. The fourth-order valence-corrected chi connectivity index (χ4v) is 2.97. The summed E-state index contributed by atoms with van der Waals surface area (Å²) in [6.45, 7) is 2.83. The maximum absolute atomic E-state index is 13.2. The summed E-state index contributed by atoms with van der Waals surface area (Å²) >= 11 is 0. The van der Waals surface area contributed by atoms with Crippen LogP contribution in [0.2, 0.25) is 0 Å². The Bertz CT molecular complexity index is 1060. The van der Waals surface area contributed by atoms with Crippen molar-refractivity contribution in [2.75, 3.05) is 6.54 Å². The highest BCUT2D eigenvalue weighted by molar-refractivity contribution is 6.11. The number of esters is 1. The molecule has 1 heterocycles. The lowest BCUT2D eigenvalue weighted by Crippen LogP contribution is -2.34. The highest BCUT2D eigenvalue weighted by atomic mass is 19.1. The number of para-hydroxylation sites is 1. The second kappa shape index (κ2) is 8.04. The summed E-state index contributed by atoms with van der Waals surface area (Å²) in [6.07, 6.45) is -1.02. The monoisotopic (exact) mass is 382 g/mol. The predicted molar refractivity (Wildman–Crippen MR) is 102 cm³/mol. The zero-order chi connectivity index (χ0) is 20.3. The number of carbonyl (C=O) groups excluding carboxylic acids is 3. The number of Topliss-reactive ketones (excluding diaryl/α,β-unsaturated/α-hetero) is 1. The molecule has 1 atom stereocenters. The number of hydrogen-bond acceptors (Lipinski definition) is 4. The Kier molecular flexibility index (Phi) is 5.54. The van der Waals surface area contributed by atoms with E-state index >= 15 is 0 Å². The molecule has 0 spiro atoms. The lowest BCUT2D eigenvalue weighted by molar-refractivity contribution is -0.145. The smallest absolute Gasteiger partial charge is 0.326 e. The number of amides is 1. The van der Waals surface area contributed by atoms with Gasteiger partial charge in [-0.2, -0.15) is 0 Å². The summed E-state index contributed by atoms with van der Waals surface area (Å²) in [4.78, 5) is 39.8. The summed E-state index contributed by atoms with van der Waals surface area (Å²) in [5, 5.41) is 3.11. The molecule has 144 valence electrons. The van der Waals surface area contributed by atoms with Gasteiger partial charge in [0.2, 0.25) is 5.78 Å². The summed E-state index contributed by atoms with van der Waals surface area (Å²) in [5.41, 5.74) is 2.07. The first-order valence-corrected chi connectivity index (χ1v) is 8.71. The molecule has 6 nitrogen and oxygen atoms in total. The van der Waals surface area contributed by atoms with E-state index in [1.165, 1.54) is 25.1 Å². The first-order valence-electron chi connectivity index (χ1n) is 8.71. The molecule has 2 N–H and O–H groups in total. The minimum absolute atomic E-state index is 0.0892. The summed E-state index contributed by atoms with van der Waals surface area (Å²) in [5.74, 6) is -2.26. The fourth-order valence-electron chi connectivity index (χ4n) is 2.97. The van der Waals surface area contributed by atoms with Gasteiger partial charge >= 0.3 is 5.97 Å². The quantitative estimate of drug-likeness (QED) is 0.506. The number of ketones is 1. The van der Waals surface area contributed by atoms with Crippen LogP contribution in [0.4, 0.5) is 4.39 Å². The van der Waals surface area contributed by atoms with Gasteiger partial charge in [-0.25, -0.2) is 4.39 Å². The summed E-state index contributed by atoms with van der Waals surface area (Å²) in [7, 11) is 0. The summed E-state index contributed by atoms with van der Waals surface area (Å²) in [6, 6.07) is 12.5. The third-order valence-electron chi connectivity index (χ3n) is 4.30. The number of ether oxygens (including phenoxy) is 1. The van der Waals surface area contributed by atoms with Crippen molar-refractivity contribution in [3.8, 4) is 0 Å². The normalized spacial score (nSPS) is 11.8. The van der Waals surface area contributed by atoms with E-state index in [0.29, 0.717) is 11.3 Å². The van der Waals surface area contributed by atoms with E-state index in [1.54, 1.807) is 6.92 Å². The molecule has 7 heteroatoms. The van der Waals surface area contributed by atoms with E-state index in [9.17, 15) is 18.8 Å². The average molecular weight is 382 g/mol. The van der Waals surface area contributed by atoms with E-state index < -0.39 is 30.3 Å². The number of rotatable bonds is 6. The average Bonchev–Trinajstić information content (AvgIpc) is 3.01. The van der Waals surface area contributed by atoms with E-state index in [1.807, 2.05) is 24.3 Å². The van der Waals surface area contributed by atoms with Crippen molar-refractivity contribution in [3.05, 3.63) is 71.2 Å². The molecule has 28 heavy (non-hydrogen) atoms. The number of hydrogen-bond donors (Lipinski definition) is 2. The van der Waals surface area contributed by atoms with E-state index in [-0.39, 0.29) is 11.3 Å². The lowest BCUT2D eigenvalue weighted by atomic mass is 10.0. The van der Waals surface area contributed by atoms with Crippen LogP contribution >= 0.6 is 0 Å². The van der Waals surface area contributed by atoms with E-state index in [0.717, 1.165) is 17.0 Å². The number of benzene rings is 2. The Morgan fingerprint density at radius 3 is 2.64 bits per heavy atom. The highest BCUT2D eigenvalue weighted by Gasteiger charge is 2.24. The molecular formula is C21H19FN2O4. The van der Waals surface area contributed by atoms with Gasteiger partial charge in [-0.05, 0) is 38.1 Å². The van der Waals surface area contributed by atoms with Crippen LogP contribution in [0.5, 0.6) is 0 Å². The topological polar surface area (TPSA) is 88.3 Å². The van der Waals surface area contributed by atoms with Gasteiger partial charge in [-0.15, -0.1) is 0 Å². The van der Waals surface area contributed by atoms with Crippen molar-refractivity contribution < 1.29 is 23.5 Å². The van der Waals surface area contributed by atoms with Crippen LogP contribution in [0.1, 0.15) is 33.3 Å². The fraction of sp³-hybridized carbons (Fsp3) is 0.190. The van der Waals surface area contributed by atoms with Crippen LogP contribution in [0.3, 0.4) is 0 Å². The van der Waals surface area contributed by atoms with Crippen molar-refractivity contribution in [1.82, 2.24) is 10.3 Å².